The first-order chi connectivity index (χ1) is 19.8. The minimum absolute atomic E-state index is 0.0753. The van der Waals surface area contributed by atoms with Gasteiger partial charge in [0.15, 0.2) is 11.2 Å². The second-order valence-corrected chi connectivity index (χ2v) is 11.4. The number of aromatic amines is 1. The molecule has 11 heteroatoms. The highest BCUT2D eigenvalue weighted by Gasteiger charge is 2.19. The van der Waals surface area contributed by atoms with Gasteiger partial charge < -0.3 is 9.72 Å². The number of benzene rings is 3. The standard InChI is InChI=1S/C30H22ClN5O4S/c1-40-23-11-9-21(10-12-23)36-41(38,39)17-22-16-25(37)29-30(33-22)35-27(18-6-3-2-4-7-18)28(34-29)20-14-19-8-5-13-32-26(19)24(31)15-20/h2-16,36H,17H2,1H3,(H,33,35,37). The number of halogens is 1. The number of ether oxygens (including phenoxy) is 1. The van der Waals surface area contributed by atoms with Crippen LogP contribution in [0.5, 0.6) is 5.75 Å². The van der Waals surface area contributed by atoms with Crippen molar-refractivity contribution in [1.82, 2.24) is 19.9 Å². The Morgan fingerprint density at radius 3 is 2.39 bits per heavy atom. The summed E-state index contributed by atoms with van der Waals surface area (Å²) in [6.07, 6.45) is 1.67. The fourth-order valence-electron chi connectivity index (χ4n) is 4.55. The molecular weight excluding hydrogens is 562 g/mol. The van der Waals surface area contributed by atoms with Crippen molar-refractivity contribution < 1.29 is 13.2 Å². The first-order valence-corrected chi connectivity index (χ1v) is 14.5. The van der Waals surface area contributed by atoms with Crippen molar-refractivity contribution in [1.29, 1.82) is 0 Å². The third-order valence-corrected chi connectivity index (χ3v) is 7.93. The van der Waals surface area contributed by atoms with Crippen molar-refractivity contribution in [3.05, 3.63) is 112 Å². The van der Waals surface area contributed by atoms with E-state index in [0.29, 0.717) is 38.9 Å². The molecule has 0 radical (unpaired) electrons. The number of nitrogens with zero attached hydrogens (tertiary/aromatic N) is 3. The predicted molar refractivity (Wildman–Crippen MR) is 161 cm³/mol. The Kier molecular flexibility index (Phi) is 6.86. The van der Waals surface area contributed by atoms with Gasteiger partial charge in [-0.1, -0.05) is 48.0 Å². The van der Waals surface area contributed by atoms with Gasteiger partial charge >= 0.3 is 0 Å². The maximum absolute atomic E-state index is 13.2. The van der Waals surface area contributed by atoms with E-state index in [4.69, 9.17) is 26.3 Å². The lowest BCUT2D eigenvalue weighted by Crippen LogP contribution is -2.18. The van der Waals surface area contributed by atoms with Gasteiger partial charge in [-0.15, -0.1) is 0 Å². The number of hydrogen-bond donors (Lipinski definition) is 2. The molecule has 0 spiro atoms. The zero-order chi connectivity index (χ0) is 28.6. The number of sulfonamides is 1. The Morgan fingerprint density at radius 2 is 1.63 bits per heavy atom. The van der Waals surface area contributed by atoms with E-state index >= 15 is 0 Å². The summed E-state index contributed by atoms with van der Waals surface area (Å²) in [6.45, 7) is 0. The molecule has 3 heterocycles. The molecule has 0 fully saturated rings. The number of H-pyrrole nitrogens is 1. The average Bonchev–Trinajstić information content (AvgIpc) is 2.97. The van der Waals surface area contributed by atoms with Crippen LogP contribution in [0.25, 0.3) is 44.6 Å². The Balaban J connectivity index is 1.45. The van der Waals surface area contributed by atoms with E-state index in [9.17, 15) is 13.2 Å². The molecule has 204 valence electrons. The van der Waals surface area contributed by atoms with E-state index in [2.05, 4.69) is 14.7 Å². The van der Waals surface area contributed by atoms with E-state index in [1.54, 1.807) is 36.5 Å². The smallest absolute Gasteiger partial charge is 0.238 e. The molecule has 6 aromatic rings. The molecule has 3 aromatic heterocycles. The maximum atomic E-state index is 13.2. The fourth-order valence-corrected chi connectivity index (χ4v) is 5.96. The molecule has 0 saturated carbocycles. The van der Waals surface area contributed by atoms with E-state index in [0.717, 1.165) is 10.9 Å². The predicted octanol–water partition coefficient (Wildman–Crippen LogP) is 5.80. The summed E-state index contributed by atoms with van der Waals surface area (Å²) in [5.74, 6) is 0.128. The van der Waals surface area contributed by atoms with Gasteiger partial charge in [0.05, 0.1) is 29.0 Å². The van der Waals surface area contributed by atoms with Crippen LogP contribution in [0, 0.1) is 0 Å². The van der Waals surface area contributed by atoms with E-state index < -0.39 is 21.2 Å². The molecule has 9 nitrogen and oxygen atoms in total. The van der Waals surface area contributed by atoms with Gasteiger partial charge in [-0.25, -0.2) is 18.4 Å². The quantitative estimate of drug-likeness (QED) is 0.243. The van der Waals surface area contributed by atoms with Crippen molar-refractivity contribution in [2.24, 2.45) is 0 Å². The highest BCUT2D eigenvalue weighted by molar-refractivity contribution is 7.91. The molecule has 0 aliphatic rings. The molecule has 0 bridgehead atoms. The van der Waals surface area contributed by atoms with Gasteiger partial charge in [0.25, 0.3) is 0 Å². The van der Waals surface area contributed by atoms with Crippen LogP contribution in [0.15, 0.2) is 95.9 Å². The molecule has 0 atom stereocenters. The molecule has 6 rings (SSSR count). The summed E-state index contributed by atoms with van der Waals surface area (Å²) in [7, 11) is -2.33. The number of nitrogens with one attached hydrogen (secondary N) is 2. The Hall–Kier alpha value is -4.80. The van der Waals surface area contributed by atoms with Crippen LogP contribution < -0.4 is 14.9 Å². The molecule has 0 aliphatic heterocycles. The highest BCUT2D eigenvalue weighted by Crippen LogP contribution is 2.34. The number of fused-ring (bicyclic) bond motifs is 2. The lowest BCUT2D eigenvalue weighted by atomic mass is 10.0. The minimum Gasteiger partial charge on any atom is -0.497 e. The molecule has 0 aliphatic carbocycles. The van der Waals surface area contributed by atoms with E-state index in [-0.39, 0.29) is 16.9 Å². The first kappa shape index (κ1) is 26.4. The van der Waals surface area contributed by atoms with Crippen molar-refractivity contribution in [2.45, 2.75) is 5.75 Å². The lowest BCUT2D eigenvalue weighted by Gasteiger charge is -2.13. The van der Waals surface area contributed by atoms with Crippen LogP contribution >= 0.6 is 11.6 Å². The highest BCUT2D eigenvalue weighted by atomic mass is 35.5. The first-order valence-electron chi connectivity index (χ1n) is 12.5. The SMILES string of the molecule is COc1ccc(NS(=O)(=O)Cc2cc(=O)c3nc(-c4cc(Cl)c5ncccc5c4)c(-c4ccccc4)nc3[nH]2)cc1. The van der Waals surface area contributed by atoms with Crippen LogP contribution in [0.1, 0.15) is 5.69 Å². The zero-order valence-corrected chi connectivity index (χ0v) is 23.2. The van der Waals surface area contributed by atoms with Crippen molar-refractivity contribution in [3.8, 4) is 28.3 Å². The van der Waals surface area contributed by atoms with Gasteiger partial charge in [-0.05, 0) is 42.5 Å². The van der Waals surface area contributed by atoms with Crippen molar-refractivity contribution in [2.75, 3.05) is 11.8 Å². The van der Waals surface area contributed by atoms with Crippen LogP contribution in [-0.2, 0) is 15.8 Å². The normalized spacial score (nSPS) is 11.6. The Labute approximate surface area is 239 Å². The minimum atomic E-state index is -3.86. The van der Waals surface area contributed by atoms with Crippen molar-refractivity contribution in [3.63, 3.8) is 0 Å². The lowest BCUT2D eigenvalue weighted by molar-refractivity contribution is 0.415. The number of pyridine rings is 2. The van der Waals surface area contributed by atoms with E-state index in [1.807, 2.05) is 48.5 Å². The van der Waals surface area contributed by atoms with E-state index in [1.165, 1.54) is 13.2 Å². The van der Waals surface area contributed by atoms with Crippen LogP contribution in [-0.4, -0.2) is 35.5 Å². The molecule has 0 amide bonds. The third-order valence-electron chi connectivity index (χ3n) is 6.40. The maximum Gasteiger partial charge on any atom is 0.238 e. The van der Waals surface area contributed by atoms with Crippen LogP contribution in [0.2, 0.25) is 5.02 Å². The molecule has 3 aromatic carbocycles. The second-order valence-electron chi connectivity index (χ2n) is 9.27. The summed E-state index contributed by atoms with van der Waals surface area (Å²) >= 11 is 6.57. The Morgan fingerprint density at radius 1 is 0.878 bits per heavy atom. The number of rotatable bonds is 7. The van der Waals surface area contributed by atoms with Gasteiger partial charge in [0.2, 0.25) is 15.5 Å². The molecule has 0 saturated heterocycles. The van der Waals surface area contributed by atoms with Crippen LogP contribution in [0.4, 0.5) is 5.69 Å². The Bertz CT molecular complexity index is 2080. The van der Waals surface area contributed by atoms with Crippen molar-refractivity contribution >= 4 is 49.4 Å². The summed E-state index contributed by atoms with van der Waals surface area (Å²) in [5.41, 5.74) is 3.37. The summed E-state index contributed by atoms with van der Waals surface area (Å²) < 4.78 is 33.5. The zero-order valence-electron chi connectivity index (χ0n) is 21.6. The largest absolute Gasteiger partial charge is 0.497 e. The number of aromatic nitrogens is 4. The molecule has 41 heavy (non-hydrogen) atoms. The van der Waals surface area contributed by atoms with Gasteiger partial charge in [-0.2, -0.15) is 0 Å². The van der Waals surface area contributed by atoms with Gasteiger partial charge in [0.1, 0.15) is 11.5 Å². The number of hydrogen-bond acceptors (Lipinski definition) is 7. The monoisotopic (exact) mass is 583 g/mol. The topological polar surface area (TPSA) is 127 Å². The van der Waals surface area contributed by atoms with Crippen LogP contribution in [0.3, 0.4) is 0 Å². The number of methoxy groups -OCH3 is 1. The summed E-state index contributed by atoms with van der Waals surface area (Å²) in [4.78, 5) is 30.1. The molecule has 0 unspecified atom stereocenters. The summed E-state index contributed by atoms with van der Waals surface area (Å²) in [5, 5.41) is 1.26. The summed E-state index contributed by atoms with van der Waals surface area (Å²) in [6, 6.07) is 24.5. The second kappa shape index (κ2) is 10.6. The molecular formula is C30H22ClN5O4S. The average molecular weight is 584 g/mol. The fraction of sp³-hybridized carbons (Fsp3) is 0.0667. The number of anilines is 1. The van der Waals surface area contributed by atoms with Gasteiger partial charge in [0, 0.05) is 40.2 Å². The molecule has 2 N–H and O–H groups in total. The van der Waals surface area contributed by atoms with Gasteiger partial charge in [-0.3, -0.25) is 14.5 Å². The third kappa shape index (κ3) is 5.47.